The average molecular weight is 341 g/mol. The number of amides is 1. The summed E-state index contributed by atoms with van der Waals surface area (Å²) in [5.74, 6) is -2.53. The van der Waals surface area contributed by atoms with Crippen molar-refractivity contribution in [2.45, 2.75) is 38.9 Å². The number of sulfone groups is 1. The summed E-state index contributed by atoms with van der Waals surface area (Å²) in [6.07, 6.45) is 0.391. The molecule has 1 aromatic carbocycles. The van der Waals surface area contributed by atoms with Gasteiger partial charge in [-0.25, -0.2) is 8.42 Å². The Hall–Kier alpha value is -1.89. The maximum Gasteiger partial charge on any atom is 0.306 e. The van der Waals surface area contributed by atoms with Gasteiger partial charge in [0.2, 0.25) is 5.91 Å². The third-order valence-electron chi connectivity index (χ3n) is 3.46. The molecule has 0 spiro atoms. The predicted molar refractivity (Wildman–Crippen MR) is 89.1 cm³/mol. The number of anilines is 1. The summed E-state index contributed by atoms with van der Waals surface area (Å²) in [5.41, 5.74) is 1.31. The molecule has 23 heavy (non-hydrogen) atoms. The van der Waals surface area contributed by atoms with E-state index in [1.54, 1.807) is 52.0 Å². The molecule has 0 aliphatic heterocycles. The van der Waals surface area contributed by atoms with Crippen LogP contribution in [0, 0.1) is 5.92 Å². The van der Waals surface area contributed by atoms with E-state index in [0.29, 0.717) is 12.1 Å². The molecule has 0 aliphatic carbocycles. The molecule has 0 aromatic heterocycles. The van der Waals surface area contributed by atoms with Gasteiger partial charge >= 0.3 is 5.97 Å². The third-order valence-corrected chi connectivity index (χ3v) is 5.96. The Kier molecular flexibility index (Phi) is 5.93. The SMILES string of the molecule is CC(Cc1ccc(NC(=O)CS(=O)(=O)C(C)(C)C)cc1)C(=O)O. The number of nitrogens with one attached hydrogen (secondary N) is 1. The van der Waals surface area contributed by atoms with E-state index in [2.05, 4.69) is 5.32 Å². The standard InChI is InChI=1S/C16H23NO5S/c1-11(15(19)20)9-12-5-7-13(8-6-12)17-14(18)10-23(21,22)16(2,3)4/h5-8,11H,9-10H2,1-4H3,(H,17,18)(H,19,20). The number of carboxylic acids is 1. The summed E-state index contributed by atoms with van der Waals surface area (Å²) in [4.78, 5) is 22.7. The highest BCUT2D eigenvalue weighted by Gasteiger charge is 2.31. The first-order chi connectivity index (χ1) is 10.4. The van der Waals surface area contributed by atoms with E-state index in [0.717, 1.165) is 5.56 Å². The number of aliphatic carboxylic acids is 1. The predicted octanol–water partition coefficient (Wildman–Crippen LogP) is 2.10. The zero-order valence-electron chi connectivity index (χ0n) is 13.8. The summed E-state index contributed by atoms with van der Waals surface area (Å²) in [6, 6.07) is 6.69. The van der Waals surface area contributed by atoms with Crippen molar-refractivity contribution in [3.8, 4) is 0 Å². The van der Waals surface area contributed by atoms with Crippen LogP contribution in [0.2, 0.25) is 0 Å². The van der Waals surface area contributed by atoms with Gasteiger partial charge in [0, 0.05) is 5.69 Å². The lowest BCUT2D eigenvalue weighted by atomic mass is 10.0. The fourth-order valence-corrected chi connectivity index (χ4v) is 2.60. The summed E-state index contributed by atoms with van der Waals surface area (Å²) in [6.45, 7) is 6.27. The van der Waals surface area contributed by atoms with Gasteiger partial charge in [-0.2, -0.15) is 0 Å². The van der Waals surface area contributed by atoms with Crippen LogP contribution in [0.3, 0.4) is 0 Å². The van der Waals surface area contributed by atoms with Crippen LogP contribution in [0.1, 0.15) is 33.3 Å². The van der Waals surface area contributed by atoms with Crippen LogP contribution in [-0.2, 0) is 25.8 Å². The summed E-state index contributed by atoms with van der Waals surface area (Å²) < 4.78 is 23.0. The van der Waals surface area contributed by atoms with E-state index < -0.39 is 38.1 Å². The monoisotopic (exact) mass is 341 g/mol. The van der Waals surface area contributed by atoms with Gasteiger partial charge in [-0.05, 0) is 44.9 Å². The van der Waals surface area contributed by atoms with Crippen molar-refractivity contribution in [2.75, 3.05) is 11.1 Å². The number of rotatable bonds is 6. The van der Waals surface area contributed by atoms with Crippen molar-refractivity contribution in [1.82, 2.24) is 0 Å². The van der Waals surface area contributed by atoms with E-state index in [1.807, 2.05) is 0 Å². The van der Waals surface area contributed by atoms with Crippen molar-refractivity contribution < 1.29 is 23.1 Å². The first-order valence-electron chi connectivity index (χ1n) is 7.26. The Bertz CT molecular complexity index is 671. The second kappa shape index (κ2) is 7.12. The molecule has 0 fully saturated rings. The Balaban J connectivity index is 2.69. The lowest BCUT2D eigenvalue weighted by Gasteiger charge is -2.18. The second-order valence-corrected chi connectivity index (χ2v) is 9.30. The van der Waals surface area contributed by atoms with Gasteiger partial charge in [0.1, 0.15) is 5.75 Å². The van der Waals surface area contributed by atoms with E-state index in [4.69, 9.17) is 5.11 Å². The molecule has 0 aliphatic rings. The lowest BCUT2D eigenvalue weighted by Crippen LogP contribution is -2.35. The lowest BCUT2D eigenvalue weighted by molar-refractivity contribution is -0.141. The zero-order valence-corrected chi connectivity index (χ0v) is 14.6. The second-order valence-electron chi connectivity index (χ2n) is 6.56. The number of carbonyl (C=O) groups excluding carboxylic acids is 1. The molecule has 7 heteroatoms. The molecule has 0 radical (unpaired) electrons. The molecule has 1 amide bonds. The maximum absolute atomic E-state index is 12.0. The fraction of sp³-hybridized carbons (Fsp3) is 0.500. The molecular formula is C16H23NO5S. The quantitative estimate of drug-likeness (QED) is 0.825. The van der Waals surface area contributed by atoms with Crippen LogP contribution >= 0.6 is 0 Å². The molecule has 0 bridgehead atoms. The Morgan fingerprint density at radius 2 is 1.70 bits per heavy atom. The first-order valence-corrected chi connectivity index (χ1v) is 8.91. The van der Waals surface area contributed by atoms with E-state index >= 15 is 0 Å². The van der Waals surface area contributed by atoms with Gasteiger partial charge in [0.25, 0.3) is 0 Å². The van der Waals surface area contributed by atoms with Crippen molar-refractivity contribution in [3.63, 3.8) is 0 Å². The Morgan fingerprint density at radius 1 is 1.17 bits per heavy atom. The van der Waals surface area contributed by atoms with Crippen LogP contribution in [0.15, 0.2) is 24.3 Å². The molecule has 1 rings (SSSR count). The van der Waals surface area contributed by atoms with E-state index in [-0.39, 0.29) is 0 Å². The van der Waals surface area contributed by atoms with Crippen LogP contribution in [0.4, 0.5) is 5.69 Å². The van der Waals surface area contributed by atoms with Gasteiger partial charge in [-0.3, -0.25) is 9.59 Å². The number of carbonyl (C=O) groups is 2. The Labute approximate surface area is 136 Å². The van der Waals surface area contributed by atoms with Gasteiger partial charge in [-0.15, -0.1) is 0 Å². The highest BCUT2D eigenvalue weighted by Crippen LogP contribution is 2.17. The normalized spacial score (nSPS) is 13.4. The van der Waals surface area contributed by atoms with Crippen molar-refractivity contribution in [1.29, 1.82) is 0 Å². The molecule has 0 saturated carbocycles. The van der Waals surface area contributed by atoms with E-state index in [1.165, 1.54) is 0 Å². The molecule has 0 saturated heterocycles. The Morgan fingerprint density at radius 3 is 2.13 bits per heavy atom. The zero-order chi connectivity index (χ0) is 17.8. The first kappa shape index (κ1) is 19.2. The third kappa shape index (κ3) is 5.67. The van der Waals surface area contributed by atoms with Crippen molar-refractivity contribution >= 4 is 27.4 Å². The van der Waals surface area contributed by atoms with E-state index in [9.17, 15) is 18.0 Å². The average Bonchev–Trinajstić information content (AvgIpc) is 2.38. The molecule has 6 nitrogen and oxygen atoms in total. The molecule has 2 N–H and O–H groups in total. The highest BCUT2D eigenvalue weighted by molar-refractivity contribution is 7.93. The largest absolute Gasteiger partial charge is 0.481 e. The molecule has 0 heterocycles. The maximum atomic E-state index is 12.0. The summed E-state index contributed by atoms with van der Waals surface area (Å²) in [7, 11) is -3.53. The molecule has 1 aromatic rings. The fourth-order valence-electron chi connectivity index (χ4n) is 1.75. The molecular weight excluding hydrogens is 318 g/mol. The van der Waals surface area contributed by atoms with Gasteiger partial charge in [0.15, 0.2) is 9.84 Å². The number of hydrogen-bond acceptors (Lipinski definition) is 4. The van der Waals surface area contributed by atoms with Crippen molar-refractivity contribution in [2.24, 2.45) is 5.92 Å². The van der Waals surface area contributed by atoms with Crippen LogP contribution in [0.5, 0.6) is 0 Å². The highest BCUT2D eigenvalue weighted by atomic mass is 32.2. The minimum absolute atomic E-state index is 0.391. The summed E-state index contributed by atoms with van der Waals surface area (Å²) in [5, 5.41) is 11.4. The smallest absolute Gasteiger partial charge is 0.306 e. The van der Waals surface area contributed by atoms with Crippen LogP contribution in [0.25, 0.3) is 0 Å². The molecule has 1 unspecified atom stereocenters. The topological polar surface area (TPSA) is 101 Å². The van der Waals surface area contributed by atoms with Crippen LogP contribution in [-0.4, -0.2) is 35.9 Å². The molecule has 1 atom stereocenters. The molecule has 128 valence electrons. The number of carboxylic acid groups (broad SMARTS) is 1. The van der Waals surface area contributed by atoms with Crippen LogP contribution < -0.4 is 5.32 Å². The number of benzene rings is 1. The minimum Gasteiger partial charge on any atom is -0.481 e. The van der Waals surface area contributed by atoms with Crippen molar-refractivity contribution in [3.05, 3.63) is 29.8 Å². The van der Waals surface area contributed by atoms with Gasteiger partial charge < -0.3 is 10.4 Å². The number of hydrogen-bond donors (Lipinski definition) is 2. The summed E-state index contributed by atoms with van der Waals surface area (Å²) >= 11 is 0. The van der Waals surface area contributed by atoms with Gasteiger partial charge in [-0.1, -0.05) is 19.1 Å². The minimum atomic E-state index is -3.53. The van der Waals surface area contributed by atoms with Gasteiger partial charge in [0.05, 0.1) is 10.7 Å².